The van der Waals surface area contributed by atoms with Crippen LogP contribution < -0.4 is 5.32 Å². The molecule has 0 saturated carbocycles. The fraction of sp³-hybridized carbons (Fsp3) is 1.00. The predicted octanol–water partition coefficient (Wildman–Crippen LogP) is 1.73. The van der Waals surface area contributed by atoms with Crippen molar-refractivity contribution in [2.45, 2.75) is 46.3 Å². The Morgan fingerprint density at radius 2 is 2.06 bits per heavy atom. The summed E-state index contributed by atoms with van der Waals surface area (Å²) in [6, 6.07) is 0.622. The highest BCUT2D eigenvalue weighted by Crippen LogP contribution is 2.10. The largest absolute Gasteiger partial charge is 0.376 e. The monoisotopic (exact) mass is 228 g/mol. The number of nitrogens with zero attached hydrogens (tertiary/aromatic N) is 1. The first-order valence-corrected chi connectivity index (χ1v) is 6.69. The van der Waals surface area contributed by atoms with Crippen LogP contribution in [0.15, 0.2) is 0 Å². The van der Waals surface area contributed by atoms with Gasteiger partial charge in [0.05, 0.1) is 12.7 Å². The van der Waals surface area contributed by atoms with Gasteiger partial charge in [-0.05, 0) is 25.8 Å². The second-order valence-electron chi connectivity index (χ2n) is 5.30. The van der Waals surface area contributed by atoms with Gasteiger partial charge in [-0.1, -0.05) is 20.8 Å². The van der Waals surface area contributed by atoms with Crippen molar-refractivity contribution < 1.29 is 4.74 Å². The van der Waals surface area contributed by atoms with Gasteiger partial charge < -0.3 is 10.1 Å². The van der Waals surface area contributed by atoms with Crippen molar-refractivity contribution in [1.82, 2.24) is 10.2 Å². The highest BCUT2D eigenvalue weighted by atomic mass is 16.5. The molecular weight excluding hydrogens is 200 g/mol. The Kier molecular flexibility index (Phi) is 6.32. The van der Waals surface area contributed by atoms with Crippen LogP contribution in [0.5, 0.6) is 0 Å². The fourth-order valence-corrected chi connectivity index (χ4v) is 2.10. The van der Waals surface area contributed by atoms with Crippen molar-refractivity contribution in [2.75, 3.05) is 32.8 Å². The number of nitrogens with one attached hydrogen (secondary N) is 1. The Labute approximate surface area is 101 Å². The van der Waals surface area contributed by atoms with Crippen LogP contribution in [-0.4, -0.2) is 49.8 Å². The molecule has 1 aliphatic heterocycles. The van der Waals surface area contributed by atoms with Crippen LogP contribution in [0.3, 0.4) is 0 Å². The fourth-order valence-electron chi connectivity index (χ4n) is 2.10. The molecular formula is C13H28N2O. The third-order valence-corrected chi connectivity index (χ3v) is 3.24. The van der Waals surface area contributed by atoms with E-state index in [2.05, 4.69) is 37.9 Å². The molecule has 2 atom stereocenters. The Morgan fingerprint density at radius 3 is 2.69 bits per heavy atom. The molecule has 0 bridgehead atoms. The standard InChI is InChI=1S/C13H28N2O/c1-5-13-10-15(6-7-16-13)12(4)9-14-8-11(2)3/h11-14H,5-10H2,1-4H3. The van der Waals surface area contributed by atoms with Gasteiger partial charge in [0, 0.05) is 25.7 Å². The summed E-state index contributed by atoms with van der Waals surface area (Å²) in [6.07, 6.45) is 1.57. The number of ether oxygens (including phenoxy) is 1. The zero-order chi connectivity index (χ0) is 12.0. The van der Waals surface area contributed by atoms with E-state index in [1.165, 1.54) is 0 Å². The first-order valence-electron chi connectivity index (χ1n) is 6.69. The van der Waals surface area contributed by atoms with Crippen LogP contribution in [0.2, 0.25) is 0 Å². The average molecular weight is 228 g/mol. The van der Waals surface area contributed by atoms with E-state index in [0.717, 1.165) is 45.1 Å². The molecule has 0 radical (unpaired) electrons. The van der Waals surface area contributed by atoms with Crippen molar-refractivity contribution in [3.05, 3.63) is 0 Å². The van der Waals surface area contributed by atoms with Crippen molar-refractivity contribution in [3.63, 3.8) is 0 Å². The average Bonchev–Trinajstić information content (AvgIpc) is 2.28. The Hall–Kier alpha value is -0.120. The maximum atomic E-state index is 5.69. The molecule has 3 heteroatoms. The van der Waals surface area contributed by atoms with Gasteiger partial charge >= 0.3 is 0 Å². The van der Waals surface area contributed by atoms with Gasteiger partial charge in [0.1, 0.15) is 0 Å². The lowest BCUT2D eigenvalue weighted by Crippen LogP contribution is -2.49. The second kappa shape index (κ2) is 7.25. The quantitative estimate of drug-likeness (QED) is 0.749. The lowest BCUT2D eigenvalue weighted by molar-refractivity contribution is -0.0417. The molecule has 3 nitrogen and oxygen atoms in total. The van der Waals surface area contributed by atoms with Crippen LogP contribution in [0.1, 0.15) is 34.1 Å². The van der Waals surface area contributed by atoms with Gasteiger partial charge in [-0.15, -0.1) is 0 Å². The molecule has 0 spiro atoms. The van der Waals surface area contributed by atoms with Crippen molar-refractivity contribution in [3.8, 4) is 0 Å². The molecule has 1 saturated heterocycles. The van der Waals surface area contributed by atoms with E-state index >= 15 is 0 Å². The summed E-state index contributed by atoms with van der Waals surface area (Å²) in [4.78, 5) is 2.55. The lowest BCUT2D eigenvalue weighted by atomic mass is 10.1. The van der Waals surface area contributed by atoms with Gasteiger partial charge in [-0.2, -0.15) is 0 Å². The Morgan fingerprint density at radius 1 is 1.31 bits per heavy atom. The van der Waals surface area contributed by atoms with Gasteiger partial charge in [0.25, 0.3) is 0 Å². The van der Waals surface area contributed by atoms with Gasteiger partial charge in [0.2, 0.25) is 0 Å². The molecule has 96 valence electrons. The number of hydrogen-bond donors (Lipinski definition) is 1. The molecule has 16 heavy (non-hydrogen) atoms. The molecule has 1 heterocycles. The maximum Gasteiger partial charge on any atom is 0.0700 e. The summed E-state index contributed by atoms with van der Waals surface area (Å²) in [5.41, 5.74) is 0. The third-order valence-electron chi connectivity index (χ3n) is 3.24. The number of rotatable bonds is 6. The summed E-state index contributed by atoms with van der Waals surface area (Å²) in [6.45, 7) is 14.3. The summed E-state index contributed by atoms with van der Waals surface area (Å²) >= 11 is 0. The smallest absolute Gasteiger partial charge is 0.0700 e. The summed E-state index contributed by atoms with van der Waals surface area (Å²) in [5, 5.41) is 3.53. The second-order valence-corrected chi connectivity index (χ2v) is 5.30. The summed E-state index contributed by atoms with van der Waals surface area (Å²) in [7, 11) is 0. The van der Waals surface area contributed by atoms with Crippen LogP contribution in [0, 0.1) is 5.92 Å². The van der Waals surface area contributed by atoms with Crippen molar-refractivity contribution in [2.24, 2.45) is 5.92 Å². The third kappa shape index (κ3) is 4.81. The first kappa shape index (κ1) is 13.9. The molecule has 1 aliphatic rings. The van der Waals surface area contributed by atoms with Crippen LogP contribution in [0.4, 0.5) is 0 Å². The SMILES string of the molecule is CCC1CN(C(C)CNCC(C)C)CCO1. The minimum atomic E-state index is 0.446. The summed E-state index contributed by atoms with van der Waals surface area (Å²) in [5.74, 6) is 0.736. The first-order chi connectivity index (χ1) is 7.63. The Bertz CT molecular complexity index is 185. The van der Waals surface area contributed by atoms with E-state index in [0.29, 0.717) is 12.1 Å². The zero-order valence-electron chi connectivity index (χ0n) is 11.3. The van der Waals surface area contributed by atoms with E-state index in [1.807, 2.05) is 0 Å². The molecule has 0 aromatic rings. The molecule has 1 fully saturated rings. The molecule has 1 rings (SSSR count). The predicted molar refractivity (Wildman–Crippen MR) is 68.8 cm³/mol. The molecule has 0 aromatic heterocycles. The lowest BCUT2D eigenvalue weighted by Gasteiger charge is -2.36. The van der Waals surface area contributed by atoms with E-state index < -0.39 is 0 Å². The minimum absolute atomic E-state index is 0.446. The molecule has 1 N–H and O–H groups in total. The zero-order valence-corrected chi connectivity index (χ0v) is 11.3. The molecule has 0 amide bonds. The topological polar surface area (TPSA) is 24.5 Å². The molecule has 2 unspecified atom stereocenters. The van der Waals surface area contributed by atoms with E-state index in [-0.39, 0.29) is 0 Å². The highest BCUT2D eigenvalue weighted by molar-refractivity contribution is 4.76. The maximum absolute atomic E-state index is 5.69. The van der Waals surface area contributed by atoms with Crippen molar-refractivity contribution >= 4 is 0 Å². The molecule has 0 aromatic carbocycles. The molecule has 0 aliphatic carbocycles. The van der Waals surface area contributed by atoms with Crippen LogP contribution in [0.25, 0.3) is 0 Å². The highest BCUT2D eigenvalue weighted by Gasteiger charge is 2.22. The number of morpholine rings is 1. The summed E-state index contributed by atoms with van der Waals surface area (Å²) < 4.78 is 5.69. The van der Waals surface area contributed by atoms with E-state index in [9.17, 15) is 0 Å². The normalized spacial score (nSPS) is 24.9. The van der Waals surface area contributed by atoms with Gasteiger partial charge in [-0.3, -0.25) is 4.90 Å². The van der Waals surface area contributed by atoms with E-state index in [4.69, 9.17) is 4.74 Å². The Balaban J connectivity index is 2.21. The van der Waals surface area contributed by atoms with Gasteiger partial charge in [-0.25, -0.2) is 0 Å². The van der Waals surface area contributed by atoms with E-state index in [1.54, 1.807) is 0 Å². The number of hydrogen-bond acceptors (Lipinski definition) is 3. The van der Waals surface area contributed by atoms with Crippen LogP contribution >= 0.6 is 0 Å². The van der Waals surface area contributed by atoms with Crippen molar-refractivity contribution in [1.29, 1.82) is 0 Å². The minimum Gasteiger partial charge on any atom is -0.376 e. The van der Waals surface area contributed by atoms with Crippen LogP contribution in [-0.2, 0) is 4.74 Å². The van der Waals surface area contributed by atoms with Gasteiger partial charge in [0.15, 0.2) is 0 Å².